The molecule has 0 aliphatic rings. The molecule has 0 aliphatic heterocycles. The Morgan fingerprint density at radius 3 is 1.47 bits per heavy atom. The Balaban J connectivity index is -0.000000258. The first-order valence-corrected chi connectivity index (χ1v) is 6.02. The Labute approximate surface area is 93.9 Å². The topological polar surface area (TPSA) is 57.2 Å². The van der Waals surface area contributed by atoms with E-state index in [2.05, 4.69) is 0 Å². The number of rotatable bonds is 1. The molecule has 1 rings (SSSR count). The summed E-state index contributed by atoms with van der Waals surface area (Å²) in [6.07, 6.45) is 0. The van der Waals surface area contributed by atoms with Gasteiger partial charge >= 0.3 is 0 Å². The molecular weight excluding hydrogens is 212 g/mol. The van der Waals surface area contributed by atoms with Crippen LogP contribution in [0.3, 0.4) is 0 Å². The zero-order valence-corrected chi connectivity index (χ0v) is 9.84. The summed E-state index contributed by atoms with van der Waals surface area (Å²) in [5.41, 5.74) is 0. The van der Waals surface area contributed by atoms with Gasteiger partial charge in [-0.05, 0) is 12.1 Å². The van der Waals surface area contributed by atoms with Gasteiger partial charge in [-0.2, -0.15) is 0 Å². The highest BCUT2D eigenvalue weighted by atomic mass is 32.2. The molecule has 15 heavy (non-hydrogen) atoms. The Morgan fingerprint density at radius 1 is 0.933 bits per heavy atom. The molecule has 0 N–H and O–H groups in total. The van der Waals surface area contributed by atoms with Crippen LogP contribution >= 0.6 is 0 Å². The second-order valence-corrected chi connectivity index (χ2v) is 3.15. The summed E-state index contributed by atoms with van der Waals surface area (Å²) in [6, 6.07) is 7.19. The highest BCUT2D eigenvalue weighted by Gasteiger charge is 1.95. The summed E-state index contributed by atoms with van der Waals surface area (Å²) in [4.78, 5) is -0.185. The van der Waals surface area contributed by atoms with E-state index in [1.807, 2.05) is 27.7 Å². The highest BCUT2D eigenvalue weighted by Crippen LogP contribution is 2.04. The fourth-order valence-electron chi connectivity index (χ4n) is 0.587. The molecular formula is C11H21O3S-. The molecule has 0 saturated heterocycles. The van der Waals surface area contributed by atoms with E-state index in [4.69, 9.17) is 0 Å². The van der Waals surface area contributed by atoms with Gasteiger partial charge in [0.15, 0.2) is 0 Å². The predicted octanol–water partition coefficient (Wildman–Crippen LogP) is 3.28. The predicted molar refractivity (Wildman–Crippen MR) is 63.8 cm³/mol. The molecule has 0 radical (unpaired) electrons. The molecule has 0 unspecified atom stereocenters. The van der Waals surface area contributed by atoms with Crippen LogP contribution < -0.4 is 0 Å². The molecule has 3 nitrogen and oxygen atoms in total. The largest absolute Gasteiger partial charge is 0.744 e. The fourth-order valence-corrected chi connectivity index (χ4v) is 1.08. The Kier molecular flexibility index (Phi) is 14.7. The monoisotopic (exact) mass is 233 g/mol. The second kappa shape index (κ2) is 11.2. The molecule has 0 amide bonds. The van der Waals surface area contributed by atoms with Crippen LogP contribution in [0.15, 0.2) is 35.2 Å². The minimum Gasteiger partial charge on any atom is -0.744 e. The van der Waals surface area contributed by atoms with Gasteiger partial charge in [0, 0.05) is 0 Å². The van der Waals surface area contributed by atoms with Crippen LogP contribution in [0.5, 0.6) is 0 Å². The van der Waals surface area contributed by atoms with Crippen molar-refractivity contribution < 1.29 is 13.0 Å². The van der Waals surface area contributed by atoms with E-state index < -0.39 is 10.1 Å². The fraction of sp³-hybridized carbons (Fsp3) is 0.455. The number of benzene rings is 1. The summed E-state index contributed by atoms with van der Waals surface area (Å²) in [5, 5.41) is 0. The molecule has 0 fully saturated rings. The van der Waals surface area contributed by atoms with E-state index in [1.54, 1.807) is 6.07 Å². The molecule has 0 aliphatic carbocycles. The summed E-state index contributed by atoms with van der Waals surface area (Å²) < 4.78 is 30.8. The lowest BCUT2D eigenvalue weighted by atomic mass is 10.4. The third-order valence-electron chi connectivity index (χ3n) is 1.03. The molecule has 0 heterocycles. The summed E-state index contributed by atoms with van der Waals surface area (Å²) in [6.45, 7) is 8.00. The van der Waals surface area contributed by atoms with E-state index >= 15 is 0 Å². The third-order valence-corrected chi connectivity index (χ3v) is 1.88. The van der Waals surface area contributed by atoms with Crippen LogP contribution in [0.25, 0.3) is 0 Å². The van der Waals surface area contributed by atoms with E-state index in [-0.39, 0.29) is 12.3 Å². The SMILES string of the molecule is C.CC.CC.O=S(=O)([O-])c1ccccc1. The Hall–Kier alpha value is -0.870. The molecule has 0 bridgehead atoms. The summed E-state index contributed by atoms with van der Waals surface area (Å²) >= 11 is 0. The normalized spacial score (nSPS) is 8.33. The molecule has 0 aromatic heterocycles. The van der Waals surface area contributed by atoms with Crippen molar-refractivity contribution in [3.63, 3.8) is 0 Å². The maximum Gasteiger partial charge on any atom is 0.124 e. The van der Waals surface area contributed by atoms with Crippen LogP contribution in [-0.4, -0.2) is 13.0 Å². The third kappa shape index (κ3) is 9.43. The van der Waals surface area contributed by atoms with Gasteiger partial charge in [-0.15, -0.1) is 0 Å². The van der Waals surface area contributed by atoms with Gasteiger partial charge in [-0.25, -0.2) is 8.42 Å². The first kappa shape index (κ1) is 19.7. The lowest BCUT2D eigenvalue weighted by Gasteiger charge is -2.04. The summed E-state index contributed by atoms with van der Waals surface area (Å²) in [7, 11) is -4.25. The number of hydrogen-bond donors (Lipinski definition) is 0. The van der Waals surface area contributed by atoms with Gasteiger partial charge < -0.3 is 4.55 Å². The second-order valence-electron chi connectivity index (χ2n) is 1.77. The van der Waals surface area contributed by atoms with Crippen molar-refractivity contribution >= 4 is 10.1 Å². The van der Waals surface area contributed by atoms with Crippen LogP contribution in [0, 0.1) is 0 Å². The van der Waals surface area contributed by atoms with Gasteiger partial charge in [-0.3, -0.25) is 0 Å². The minimum atomic E-state index is -4.25. The first-order valence-electron chi connectivity index (χ1n) is 4.61. The van der Waals surface area contributed by atoms with Gasteiger partial charge in [-0.1, -0.05) is 53.3 Å². The zero-order valence-electron chi connectivity index (χ0n) is 9.02. The van der Waals surface area contributed by atoms with Crippen molar-refractivity contribution in [2.24, 2.45) is 0 Å². The molecule has 1 aromatic carbocycles. The van der Waals surface area contributed by atoms with Crippen molar-refractivity contribution in [3.8, 4) is 0 Å². The molecule has 0 saturated carbocycles. The lowest BCUT2D eigenvalue weighted by molar-refractivity contribution is 0.463. The van der Waals surface area contributed by atoms with Crippen molar-refractivity contribution in [2.45, 2.75) is 40.0 Å². The van der Waals surface area contributed by atoms with Gasteiger partial charge in [0.1, 0.15) is 10.1 Å². The lowest BCUT2D eigenvalue weighted by Crippen LogP contribution is -1.96. The maximum atomic E-state index is 10.3. The van der Waals surface area contributed by atoms with E-state index in [1.165, 1.54) is 24.3 Å². The van der Waals surface area contributed by atoms with Crippen molar-refractivity contribution in [1.29, 1.82) is 0 Å². The Bertz CT molecular complexity index is 304. The first-order chi connectivity index (χ1) is 6.61. The van der Waals surface area contributed by atoms with Crippen LogP contribution in [0.2, 0.25) is 0 Å². The molecule has 0 atom stereocenters. The van der Waals surface area contributed by atoms with Crippen molar-refractivity contribution in [3.05, 3.63) is 30.3 Å². The summed E-state index contributed by atoms with van der Waals surface area (Å²) in [5.74, 6) is 0. The van der Waals surface area contributed by atoms with Crippen molar-refractivity contribution in [2.75, 3.05) is 0 Å². The Morgan fingerprint density at radius 2 is 1.27 bits per heavy atom. The average Bonchev–Trinajstić information content (AvgIpc) is 2.24. The zero-order chi connectivity index (χ0) is 11.6. The molecule has 1 aromatic rings. The van der Waals surface area contributed by atoms with Gasteiger partial charge in [0.25, 0.3) is 0 Å². The molecule has 0 spiro atoms. The molecule has 90 valence electrons. The van der Waals surface area contributed by atoms with Gasteiger partial charge in [0.2, 0.25) is 0 Å². The van der Waals surface area contributed by atoms with Crippen LogP contribution in [0.4, 0.5) is 0 Å². The standard InChI is InChI=1S/C6H6O3S.2C2H6.CH4/c7-10(8,9)6-4-2-1-3-5-6;2*1-2;/h1-5H,(H,7,8,9);2*1-2H3;1H4/p-1. The van der Waals surface area contributed by atoms with E-state index in [9.17, 15) is 13.0 Å². The van der Waals surface area contributed by atoms with Crippen LogP contribution in [-0.2, 0) is 10.1 Å². The minimum absolute atomic E-state index is 0. The van der Waals surface area contributed by atoms with Gasteiger partial charge in [0.05, 0.1) is 4.90 Å². The number of hydrogen-bond acceptors (Lipinski definition) is 3. The quantitative estimate of drug-likeness (QED) is 0.699. The van der Waals surface area contributed by atoms with E-state index in [0.717, 1.165) is 0 Å². The maximum absolute atomic E-state index is 10.3. The van der Waals surface area contributed by atoms with Crippen molar-refractivity contribution in [1.82, 2.24) is 0 Å². The van der Waals surface area contributed by atoms with Crippen LogP contribution in [0.1, 0.15) is 35.1 Å². The molecule has 4 heteroatoms. The average molecular weight is 233 g/mol. The highest BCUT2D eigenvalue weighted by molar-refractivity contribution is 7.85. The van der Waals surface area contributed by atoms with E-state index in [0.29, 0.717) is 0 Å². The smallest absolute Gasteiger partial charge is 0.124 e.